The Bertz CT molecular complexity index is 1300. The van der Waals surface area contributed by atoms with Crippen LogP contribution in [0, 0.1) is 0 Å². The van der Waals surface area contributed by atoms with E-state index in [9.17, 15) is 0 Å². The Balaban J connectivity index is 1.52. The number of hydrogen-bond acceptors (Lipinski definition) is 7. The number of nitrogens with zero attached hydrogens (tertiary/aromatic N) is 5. The van der Waals surface area contributed by atoms with Gasteiger partial charge in [-0.05, 0) is 36.2 Å². The second-order valence-corrected chi connectivity index (χ2v) is 7.49. The van der Waals surface area contributed by atoms with Gasteiger partial charge in [0.2, 0.25) is 0 Å². The molecule has 0 fully saturated rings. The smallest absolute Gasteiger partial charge is 0.162 e. The number of aromatic amines is 1. The van der Waals surface area contributed by atoms with Crippen LogP contribution in [0.15, 0.2) is 79.4 Å². The molecule has 8 heteroatoms. The van der Waals surface area contributed by atoms with Gasteiger partial charge in [0, 0.05) is 48.3 Å². The van der Waals surface area contributed by atoms with Crippen molar-refractivity contribution >= 4 is 16.7 Å². The summed E-state index contributed by atoms with van der Waals surface area (Å²) in [5.74, 6) is 1.31. The summed E-state index contributed by atoms with van der Waals surface area (Å²) >= 11 is 0. The number of nitrogens with two attached hydrogens (primary N) is 1. The normalized spacial score (nSPS) is 12.0. The lowest BCUT2D eigenvalue weighted by Crippen LogP contribution is -2.31. The Labute approximate surface area is 185 Å². The van der Waals surface area contributed by atoms with Crippen molar-refractivity contribution in [2.24, 2.45) is 5.73 Å². The number of fused-ring (bicyclic) bond motifs is 1. The van der Waals surface area contributed by atoms with Crippen molar-refractivity contribution in [3.8, 4) is 22.8 Å². The van der Waals surface area contributed by atoms with E-state index in [-0.39, 0.29) is 6.04 Å². The van der Waals surface area contributed by atoms with Gasteiger partial charge in [0.05, 0.1) is 5.69 Å². The molecule has 1 atom stereocenters. The zero-order valence-corrected chi connectivity index (χ0v) is 17.3. The third-order valence-corrected chi connectivity index (χ3v) is 5.18. The molecule has 158 valence electrons. The van der Waals surface area contributed by atoms with E-state index in [0.717, 1.165) is 28.6 Å². The van der Waals surface area contributed by atoms with Crippen molar-refractivity contribution in [2.45, 2.75) is 12.5 Å². The lowest BCUT2D eigenvalue weighted by molar-refractivity contribution is 0.698. The number of hydrogen-bond donors (Lipinski definition) is 3. The number of nitrogens with one attached hydrogen (secondary N) is 2. The number of anilines is 1. The van der Waals surface area contributed by atoms with Gasteiger partial charge in [-0.1, -0.05) is 30.3 Å². The van der Waals surface area contributed by atoms with Crippen LogP contribution in [0.5, 0.6) is 0 Å². The third kappa shape index (κ3) is 4.17. The summed E-state index contributed by atoms with van der Waals surface area (Å²) in [5, 5.41) is 11.4. The van der Waals surface area contributed by atoms with E-state index in [0.29, 0.717) is 23.9 Å². The van der Waals surface area contributed by atoms with Crippen LogP contribution in [-0.4, -0.2) is 42.7 Å². The van der Waals surface area contributed by atoms with Crippen LogP contribution >= 0.6 is 0 Å². The molecular formula is C24H22N8. The van der Waals surface area contributed by atoms with E-state index >= 15 is 0 Å². The Morgan fingerprint density at radius 3 is 2.53 bits per heavy atom. The Morgan fingerprint density at radius 2 is 1.75 bits per heavy atom. The van der Waals surface area contributed by atoms with Gasteiger partial charge in [-0.3, -0.25) is 15.1 Å². The van der Waals surface area contributed by atoms with Crippen LogP contribution in [0.4, 0.5) is 5.82 Å². The molecule has 5 aromatic rings. The summed E-state index contributed by atoms with van der Waals surface area (Å²) < 4.78 is 0. The minimum atomic E-state index is -0.0688. The lowest BCUT2D eigenvalue weighted by Gasteiger charge is -2.16. The van der Waals surface area contributed by atoms with Crippen molar-refractivity contribution in [2.75, 3.05) is 11.9 Å². The summed E-state index contributed by atoms with van der Waals surface area (Å²) in [6, 6.07) is 17.7. The first-order chi connectivity index (χ1) is 15.8. The minimum Gasteiger partial charge on any atom is -0.368 e. The second-order valence-electron chi connectivity index (χ2n) is 7.49. The first-order valence-electron chi connectivity index (χ1n) is 10.4. The Kier molecular flexibility index (Phi) is 5.50. The predicted molar refractivity (Wildman–Crippen MR) is 125 cm³/mol. The molecule has 32 heavy (non-hydrogen) atoms. The third-order valence-electron chi connectivity index (χ3n) is 5.18. The maximum absolute atomic E-state index is 6.41. The first-order valence-corrected chi connectivity index (χ1v) is 10.4. The quantitative estimate of drug-likeness (QED) is 0.367. The molecule has 0 saturated heterocycles. The molecule has 0 spiro atoms. The van der Waals surface area contributed by atoms with Crippen LogP contribution in [0.2, 0.25) is 0 Å². The molecular weight excluding hydrogens is 400 g/mol. The zero-order valence-electron chi connectivity index (χ0n) is 17.3. The minimum absolute atomic E-state index is 0.0688. The van der Waals surface area contributed by atoms with E-state index in [1.807, 2.05) is 42.5 Å². The van der Waals surface area contributed by atoms with Gasteiger partial charge in [-0.2, -0.15) is 5.10 Å². The summed E-state index contributed by atoms with van der Waals surface area (Å²) in [7, 11) is 0. The van der Waals surface area contributed by atoms with E-state index in [2.05, 4.69) is 37.6 Å². The first kappa shape index (κ1) is 19.8. The molecule has 5 rings (SSSR count). The summed E-state index contributed by atoms with van der Waals surface area (Å²) in [4.78, 5) is 18.3. The number of aromatic nitrogens is 6. The molecule has 0 amide bonds. The standard InChI is InChI=1S/C24H22N8/c25-18(14-16-4-2-1-3-5-16)15-28-24-19-8-12-27-22(20-9-13-29-32-20)21(19)30-23(31-24)17-6-10-26-11-7-17/h1-13,18H,14-15,25H2,(H,29,32)(H,28,30,31)/t18-/m0/s1. The molecule has 0 aliphatic rings. The highest BCUT2D eigenvalue weighted by Gasteiger charge is 2.16. The molecule has 8 nitrogen and oxygen atoms in total. The largest absolute Gasteiger partial charge is 0.368 e. The predicted octanol–water partition coefficient (Wildman–Crippen LogP) is 3.46. The molecule has 0 radical (unpaired) electrons. The fourth-order valence-corrected chi connectivity index (χ4v) is 3.62. The Hall–Kier alpha value is -4.17. The summed E-state index contributed by atoms with van der Waals surface area (Å²) in [6.07, 6.45) is 7.68. The van der Waals surface area contributed by atoms with Crippen LogP contribution in [0.25, 0.3) is 33.7 Å². The lowest BCUT2D eigenvalue weighted by atomic mass is 10.1. The number of benzene rings is 1. The van der Waals surface area contributed by atoms with E-state index in [4.69, 9.17) is 15.7 Å². The van der Waals surface area contributed by atoms with Gasteiger partial charge in [0.1, 0.15) is 17.0 Å². The molecule has 0 bridgehead atoms. The molecule has 0 aliphatic heterocycles. The molecule has 0 saturated carbocycles. The SMILES string of the molecule is N[C@H](CNc1nc(-c2ccncc2)nc2c(-c3ccn[nH]3)nccc12)Cc1ccccc1. The molecule has 4 N–H and O–H groups in total. The van der Waals surface area contributed by atoms with Gasteiger partial charge in [0.15, 0.2) is 5.82 Å². The average molecular weight is 422 g/mol. The molecule has 0 aliphatic carbocycles. The summed E-state index contributed by atoms with van der Waals surface area (Å²) in [5.41, 5.74) is 10.7. The monoisotopic (exact) mass is 422 g/mol. The van der Waals surface area contributed by atoms with E-state index in [1.165, 1.54) is 5.56 Å². The van der Waals surface area contributed by atoms with Crippen LogP contribution in [-0.2, 0) is 6.42 Å². The molecule has 4 aromatic heterocycles. The van der Waals surface area contributed by atoms with Crippen molar-refractivity contribution in [3.05, 3.63) is 84.9 Å². The molecule has 4 heterocycles. The van der Waals surface area contributed by atoms with Crippen molar-refractivity contribution in [1.29, 1.82) is 0 Å². The van der Waals surface area contributed by atoms with Gasteiger partial charge in [-0.25, -0.2) is 9.97 Å². The van der Waals surface area contributed by atoms with Crippen LogP contribution < -0.4 is 11.1 Å². The highest BCUT2D eigenvalue weighted by atomic mass is 15.1. The fourth-order valence-electron chi connectivity index (χ4n) is 3.62. The average Bonchev–Trinajstić information content (AvgIpc) is 3.38. The van der Waals surface area contributed by atoms with Gasteiger partial charge >= 0.3 is 0 Å². The van der Waals surface area contributed by atoms with E-state index in [1.54, 1.807) is 24.8 Å². The highest BCUT2D eigenvalue weighted by molar-refractivity contribution is 5.97. The number of pyridine rings is 2. The van der Waals surface area contributed by atoms with Gasteiger partial charge in [-0.15, -0.1) is 0 Å². The van der Waals surface area contributed by atoms with Crippen molar-refractivity contribution in [1.82, 2.24) is 30.1 Å². The Morgan fingerprint density at radius 1 is 0.906 bits per heavy atom. The molecule has 0 unspecified atom stereocenters. The van der Waals surface area contributed by atoms with Gasteiger partial charge < -0.3 is 11.1 Å². The molecule has 1 aromatic carbocycles. The van der Waals surface area contributed by atoms with Gasteiger partial charge in [0.25, 0.3) is 0 Å². The second kappa shape index (κ2) is 8.91. The maximum atomic E-state index is 6.41. The number of rotatable bonds is 7. The zero-order chi connectivity index (χ0) is 21.8. The topological polar surface area (TPSA) is 118 Å². The van der Waals surface area contributed by atoms with Crippen molar-refractivity contribution < 1.29 is 0 Å². The number of H-pyrrole nitrogens is 1. The van der Waals surface area contributed by atoms with E-state index < -0.39 is 0 Å². The maximum Gasteiger partial charge on any atom is 0.162 e. The van der Waals surface area contributed by atoms with Crippen LogP contribution in [0.1, 0.15) is 5.56 Å². The fraction of sp³-hybridized carbons (Fsp3) is 0.125. The van der Waals surface area contributed by atoms with Crippen LogP contribution in [0.3, 0.4) is 0 Å². The van der Waals surface area contributed by atoms with Crippen molar-refractivity contribution in [3.63, 3.8) is 0 Å². The highest BCUT2D eigenvalue weighted by Crippen LogP contribution is 2.30. The summed E-state index contributed by atoms with van der Waals surface area (Å²) in [6.45, 7) is 0.568.